The minimum absolute atomic E-state index is 0.181. The SMILES string of the molecule is O=c1[nH]c2cnc(NCC3CCNC3)nc2n1Cc1ccccc1-c1ccccc1. The predicted octanol–water partition coefficient (Wildman–Crippen LogP) is 2.86. The van der Waals surface area contributed by atoms with Crippen LogP contribution in [0.2, 0.25) is 0 Å². The Morgan fingerprint density at radius 1 is 1.10 bits per heavy atom. The van der Waals surface area contributed by atoms with Crippen LogP contribution in [0.25, 0.3) is 22.3 Å². The molecule has 1 unspecified atom stereocenters. The molecule has 152 valence electrons. The molecular weight excluding hydrogens is 376 g/mol. The summed E-state index contributed by atoms with van der Waals surface area (Å²) in [5, 5.41) is 6.69. The zero-order chi connectivity index (χ0) is 20.3. The van der Waals surface area contributed by atoms with Gasteiger partial charge < -0.3 is 15.6 Å². The van der Waals surface area contributed by atoms with Crippen LogP contribution in [0, 0.1) is 5.92 Å². The van der Waals surface area contributed by atoms with Crippen molar-refractivity contribution in [1.29, 1.82) is 0 Å². The molecule has 1 saturated heterocycles. The fourth-order valence-corrected chi connectivity index (χ4v) is 4.03. The molecule has 3 N–H and O–H groups in total. The number of nitrogens with one attached hydrogen (secondary N) is 3. The number of benzene rings is 2. The standard InChI is InChI=1S/C23H24N6O/c30-23-27-20-14-26-22(25-13-16-10-11-24-12-16)28-21(20)29(23)15-18-8-4-5-9-19(18)17-6-2-1-3-7-17/h1-9,14,16,24H,10-13,15H2,(H,27,30)(H,25,26,28). The highest BCUT2D eigenvalue weighted by atomic mass is 16.1. The van der Waals surface area contributed by atoms with Crippen molar-refractivity contribution in [3.05, 3.63) is 76.8 Å². The van der Waals surface area contributed by atoms with Crippen LogP contribution in [-0.2, 0) is 6.54 Å². The van der Waals surface area contributed by atoms with Crippen molar-refractivity contribution in [2.75, 3.05) is 25.0 Å². The second-order valence-electron chi connectivity index (χ2n) is 7.71. The van der Waals surface area contributed by atoms with Crippen molar-refractivity contribution >= 4 is 17.1 Å². The molecule has 0 bridgehead atoms. The summed E-state index contributed by atoms with van der Waals surface area (Å²) in [6, 6.07) is 18.4. The van der Waals surface area contributed by atoms with E-state index in [1.807, 2.05) is 30.3 Å². The Morgan fingerprint density at radius 2 is 1.93 bits per heavy atom. The van der Waals surface area contributed by atoms with E-state index in [9.17, 15) is 4.79 Å². The van der Waals surface area contributed by atoms with Gasteiger partial charge in [-0.15, -0.1) is 0 Å². The lowest BCUT2D eigenvalue weighted by molar-refractivity contribution is 0.613. The predicted molar refractivity (Wildman–Crippen MR) is 119 cm³/mol. The average molecular weight is 400 g/mol. The highest BCUT2D eigenvalue weighted by Gasteiger charge is 2.16. The van der Waals surface area contributed by atoms with Crippen molar-refractivity contribution in [1.82, 2.24) is 24.8 Å². The molecule has 0 saturated carbocycles. The number of hydrogen-bond donors (Lipinski definition) is 3. The summed E-state index contributed by atoms with van der Waals surface area (Å²) in [6.45, 7) is 3.34. The summed E-state index contributed by atoms with van der Waals surface area (Å²) in [5.41, 5.74) is 4.38. The first-order chi connectivity index (χ1) is 14.8. The Hall–Kier alpha value is -3.45. The summed E-state index contributed by atoms with van der Waals surface area (Å²) < 4.78 is 1.68. The van der Waals surface area contributed by atoms with Gasteiger partial charge in [-0.3, -0.25) is 4.57 Å². The molecule has 2 aromatic heterocycles. The summed E-state index contributed by atoms with van der Waals surface area (Å²) in [6.07, 6.45) is 2.83. The number of anilines is 1. The van der Waals surface area contributed by atoms with Crippen molar-refractivity contribution in [3.63, 3.8) is 0 Å². The second kappa shape index (κ2) is 8.12. The number of nitrogens with zero attached hydrogens (tertiary/aromatic N) is 3. The molecule has 2 aromatic carbocycles. The third-order valence-corrected chi connectivity index (χ3v) is 5.65. The molecule has 4 aromatic rings. The van der Waals surface area contributed by atoms with Gasteiger partial charge in [0, 0.05) is 6.54 Å². The van der Waals surface area contributed by atoms with E-state index in [0.717, 1.165) is 42.7 Å². The van der Waals surface area contributed by atoms with Gasteiger partial charge in [0.1, 0.15) is 5.52 Å². The number of fused-ring (bicyclic) bond motifs is 1. The highest BCUT2D eigenvalue weighted by Crippen LogP contribution is 2.24. The molecule has 0 amide bonds. The van der Waals surface area contributed by atoms with Gasteiger partial charge in [-0.25, -0.2) is 9.78 Å². The van der Waals surface area contributed by atoms with Crippen molar-refractivity contribution in [3.8, 4) is 11.1 Å². The fraction of sp³-hybridized carbons (Fsp3) is 0.261. The summed E-state index contributed by atoms with van der Waals surface area (Å²) in [4.78, 5) is 24.6. The normalized spacial score (nSPS) is 16.2. The van der Waals surface area contributed by atoms with E-state index < -0.39 is 0 Å². The Bertz CT molecular complexity index is 1210. The lowest BCUT2D eigenvalue weighted by Crippen LogP contribution is -2.19. The van der Waals surface area contributed by atoms with E-state index in [2.05, 4.69) is 49.9 Å². The first-order valence-corrected chi connectivity index (χ1v) is 10.3. The third-order valence-electron chi connectivity index (χ3n) is 5.65. The van der Waals surface area contributed by atoms with Gasteiger partial charge in [-0.2, -0.15) is 4.98 Å². The van der Waals surface area contributed by atoms with Crippen molar-refractivity contribution < 1.29 is 0 Å². The molecule has 1 aliphatic rings. The summed E-state index contributed by atoms with van der Waals surface area (Å²) in [5.74, 6) is 1.13. The highest BCUT2D eigenvalue weighted by molar-refractivity contribution is 5.72. The van der Waals surface area contributed by atoms with Gasteiger partial charge >= 0.3 is 5.69 Å². The number of hydrogen-bond acceptors (Lipinski definition) is 5. The van der Waals surface area contributed by atoms with Gasteiger partial charge in [0.15, 0.2) is 5.65 Å². The maximum atomic E-state index is 12.7. The number of rotatable bonds is 6. The largest absolute Gasteiger partial charge is 0.354 e. The van der Waals surface area contributed by atoms with Crippen molar-refractivity contribution in [2.24, 2.45) is 5.92 Å². The van der Waals surface area contributed by atoms with Gasteiger partial charge in [0.05, 0.1) is 12.7 Å². The molecule has 30 heavy (non-hydrogen) atoms. The number of aromatic nitrogens is 4. The minimum Gasteiger partial charge on any atom is -0.354 e. The maximum absolute atomic E-state index is 12.7. The first kappa shape index (κ1) is 18.6. The molecule has 0 spiro atoms. The Balaban J connectivity index is 1.47. The molecule has 1 fully saturated rings. The van der Waals surface area contributed by atoms with Gasteiger partial charge in [0.2, 0.25) is 5.95 Å². The number of aromatic amines is 1. The van der Waals surface area contributed by atoms with Crippen LogP contribution in [0.15, 0.2) is 65.6 Å². The monoisotopic (exact) mass is 400 g/mol. The molecule has 5 rings (SSSR count). The van der Waals surface area contributed by atoms with Gasteiger partial charge in [-0.1, -0.05) is 54.6 Å². The number of H-pyrrole nitrogens is 1. The zero-order valence-electron chi connectivity index (χ0n) is 16.6. The van der Waals surface area contributed by atoms with Gasteiger partial charge in [0.25, 0.3) is 0 Å². The van der Waals surface area contributed by atoms with Crippen molar-refractivity contribution in [2.45, 2.75) is 13.0 Å². The number of imidazole rings is 1. The Morgan fingerprint density at radius 3 is 2.77 bits per heavy atom. The summed E-state index contributed by atoms with van der Waals surface area (Å²) in [7, 11) is 0. The van der Waals surface area contributed by atoms with Crippen LogP contribution < -0.4 is 16.3 Å². The van der Waals surface area contributed by atoms with Crippen LogP contribution in [0.1, 0.15) is 12.0 Å². The van der Waals surface area contributed by atoms with Crippen LogP contribution in [0.3, 0.4) is 0 Å². The topological polar surface area (TPSA) is 87.6 Å². The van der Waals surface area contributed by atoms with Crippen LogP contribution in [0.5, 0.6) is 0 Å². The van der Waals surface area contributed by atoms with Crippen LogP contribution in [-0.4, -0.2) is 39.2 Å². The molecule has 7 heteroatoms. The van der Waals surface area contributed by atoms with E-state index in [1.165, 1.54) is 0 Å². The van der Waals surface area contributed by atoms with E-state index in [1.54, 1.807) is 10.8 Å². The van der Waals surface area contributed by atoms with E-state index in [4.69, 9.17) is 0 Å². The first-order valence-electron chi connectivity index (χ1n) is 10.3. The fourth-order valence-electron chi connectivity index (χ4n) is 4.03. The molecule has 3 heterocycles. The van der Waals surface area contributed by atoms with E-state index in [0.29, 0.717) is 29.6 Å². The molecule has 7 nitrogen and oxygen atoms in total. The lowest BCUT2D eigenvalue weighted by Gasteiger charge is -2.11. The lowest BCUT2D eigenvalue weighted by atomic mass is 10.00. The Labute approximate surface area is 174 Å². The molecular formula is C23H24N6O. The average Bonchev–Trinajstić information content (AvgIpc) is 3.41. The van der Waals surface area contributed by atoms with Gasteiger partial charge in [-0.05, 0) is 42.1 Å². The van der Waals surface area contributed by atoms with E-state index >= 15 is 0 Å². The molecule has 1 aliphatic heterocycles. The Kier molecular flexibility index (Phi) is 5.03. The quantitative estimate of drug-likeness (QED) is 0.463. The smallest absolute Gasteiger partial charge is 0.328 e. The van der Waals surface area contributed by atoms with Crippen LogP contribution in [0.4, 0.5) is 5.95 Å². The summed E-state index contributed by atoms with van der Waals surface area (Å²) >= 11 is 0. The maximum Gasteiger partial charge on any atom is 0.328 e. The second-order valence-corrected chi connectivity index (χ2v) is 7.71. The molecule has 0 radical (unpaired) electrons. The van der Waals surface area contributed by atoms with E-state index in [-0.39, 0.29) is 5.69 Å². The third kappa shape index (κ3) is 3.71. The zero-order valence-corrected chi connectivity index (χ0v) is 16.6. The minimum atomic E-state index is -0.181. The molecule has 1 atom stereocenters. The molecule has 0 aliphatic carbocycles. The van der Waals surface area contributed by atoms with Crippen LogP contribution >= 0.6 is 0 Å².